The highest BCUT2D eigenvalue weighted by Gasteiger charge is 2.21. The normalized spacial score (nSPS) is 15.1. The van der Waals surface area contributed by atoms with Crippen molar-refractivity contribution < 1.29 is 4.74 Å². The molecule has 1 fully saturated rings. The molecule has 0 radical (unpaired) electrons. The number of nitrogens with zero attached hydrogens (tertiary/aromatic N) is 4. The number of hydrogen-bond acceptors (Lipinski definition) is 4. The molecule has 4 rings (SSSR count). The number of rotatable bonds is 3. The maximum Gasteiger partial charge on any atom is 0.157 e. The zero-order valence-corrected chi connectivity index (χ0v) is 13.8. The van der Waals surface area contributed by atoms with Gasteiger partial charge in [0.1, 0.15) is 11.9 Å². The Morgan fingerprint density at radius 2 is 2.04 bits per heavy atom. The lowest BCUT2D eigenvalue weighted by Gasteiger charge is -2.30. The average molecular weight is 320 g/mol. The molecule has 0 N–H and O–H groups in total. The lowest BCUT2D eigenvalue weighted by Crippen LogP contribution is -2.37. The fraction of sp³-hybridized carbons (Fsp3) is 0.368. The highest BCUT2D eigenvalue weighted by atomic mass is 16.5. The van der Waals surface area contributed by atoms with Crippen molar-refractivity contribution in [3.63, 3.8) is 0 Å². The molecule has 0 unspecified atom stereocenters. The number of pyridine rings is 1. The summed E-state index contributed by atoms with van der Waals surface area (Å²) in [5, 5.41) is 9.73. The van der Waals surface area contributed by atoms with Gasteiger partial charge in [0.25, 0.3) is 0 Å². The van der Waals surface area contributed by atoms with Gasteiger partial charge in [-0.05, 0) is 30.2 Å². The Labute approximate surface area is 141 Å². The number of ether oxygens (including phenoxy) is 1. The summed E-state index contributed by atoms with van der Waals surface area (Å²) < 4.78 is 7.64. The number of aromatic nitrogens is 2. The SMILES string of the molecule is CCCc1cc(N2CCOCC2)n2c(nc3ccccc32)c1C#N. The molecule has 0 amide bonds. The van der Waals surface area contributed by atoms with E-state index in [4.69, 9.17) is 9.72 Å². The zero-order valence-electron chi connectivity index (χ0n) is 13.8. The van der Waals surface area contributed by atoms with Gasteiger partial charge >= 0.3 is 0 Å². The van der Waals surface area contributed by atoms with E-state index in [1.54, 1.807) is 0 Å². The molecule has 3 aromatic rings. The third kappa shape index (κ3) is 2.31. The number of nitriles is 1. The van der Waals surface area contributed by atoms with Crippen LogP contribution in [0.4, 0.5) is 5.82 Å². The number of hydrogen-bond donors (Lipinski definition) is 0. The van der Waals surface area contributed by atoms with Gasteiger partial charge < -0.3 is 9.64 Å². The van der Waals surface area contributed by atoms with E-state index in [1.165, 1.54) is 0 Å². The van der Waals surface area contributed by atoms with Crippen LogP contribution in [0.25, 0.3) is 16.7 Å². The average Bonchev–Trinajstić information content (AvgIpc) is 3.01. The summed E-state index contributed by atoms with van der Waals surface area (Å²) >= 11 is 0. The third-order valence-electron chi connectivity index (χ3n) is 4.60. The van der Waals surface area contributed by atoms with Crippen LogP contribution in [0.15, 0.2) is 30.3 Å². The number of benzene rings is 1. The molecule has 1 saturated heterocycles. The van der Waals surface area contributed by atoms with Gasteiger partial charge in [0, 0.05) is 13.1 Å². The Balaban J connectivity index is 2.06. The smallest absolute Gasteiger partial charge is 0.157 e. The van der Waals surface area contributed by atoms with Crippen LogP contribution in [0, 0.1) is 11.3 Å². The molecule has 0 saturated carbocycles. The minimum Gasteiger partial charge on any atom is -0.378 e. The van der Waals surface area contributed by atoms with Crippen molar-refractivity contribution in [2.24, 2.45) is 0 Å². The van der Waals surface area contributed by atoms with Gasteiger partial charge in [0.2, 0.25) is 0 Å². The molecule has 5 nitrogen and oxygen atoms in total. The van der Waals surface area contributed by atoms with E-state index in [0.717, 1.165) is 67.2 Å². The van der Waals surface area contributed by atoms with Crippen LogP contribution in [-0.2, 0) is 11.2 Å². The maximum absolute atomic E-state index is 9.73. The van der Waals surface area contributed by atoms with E-state index < -0.39 is 0 Å². The quantitative estimate of drug-likeness (QED) is 0.744. The van der Waals surface area contributed by atoms with Gasteiger partial charge in [-0.1, -0.05) is 25.5 Å². The molecule has 0 spiro atoms. The summed E-state index contributed by atoms with van der Waals surface area (Å²) in [5.74, 6) is 1.12. The molecule has 1 aromatic carbocycles. The highest BCUT2D eigenvalue weighted by molar-refractivity contribution is 5.85. The first-order chi connectivity index (χ1) is 11.8. The summed E-state index contributed by atoms with van der Waals surface area (Å²) in [6, 6.07) is 12.6. The van der Waals surface area contributed by atoms with E-state index in [-0.39, 0.29) is 0 Å². The van der Waals surface area contributed by atoms with Gasteiger partial charge in [-0.3, -0.25) is 4.40 Å². The second-order valence-electron chi connectivity index (χ2n) is 6.12. The summed E-state index contributed by atoms with van der Waals surface area (Å²) in [4.78, 5) is 7.11. The number of morpholine rings is 1. The standard InChI is InChI=1S/C19H20N4O/c1-2-5-14-12-18(22-8-10-24-11-9-22)23-17-7-4-3-6-16(17)21-19(23)15(14)13-20/h3-4,6-7,12H,2,5,8-11H2,1H3. The molecule has 1 aliphatic heterocycles. The van der Waals surface area contributed by atoms with Crippen molar-refractivity contribution >= 4 is 22.5 Å². The van der Waals surface area contributed by atoms with Gasteiger partial charge in [-0.15, -0.1) is 0 Å². The topological polar surface area (TPSA) is 53.6 Å². The largest absolute Gasteiger partial charge is 0.378 e. The summed E-state index contributed by atoms with van der Waals surface area (Å²) in [5.41, 5.74) is 4.53. The Hall–Kier alpha value is -2.58. The second kappa shape index (κ2) is 6.14. The van der Waals surface area contributed by atoms with Crippen LogP contribution < -0.4 is 4.90 Å². The van der Waals surface area contributed by atoms with Crippen molar-refractivity contribution in [3.8, 4) is 6.07 Å². The van der Waals surface area contributed by atoms with E-state index in [2.05, 4.69) is 34.4 Å². The van der Waals surface area contributed by atoms with Crippen LogP contribution in [0.2, 0.25) is 0 Å². The fourth-order valence-corrected chi connectivity index (χ4v) is 3.48. The Bertz CT molecular complexity index is 932. The van der Waals surface area contributed by atoms with Crippen LogP contribution in [0.1, 0.15) is 24.5 Å². The monoisotopic (exact) mass is 320 g/mol. The third-order valence-corrected chi connectivity index (χ3v) is 4.60. The van der Waals surface area contributed by atoms with E-state index in [0.29, 0.717) is 5.56 Å². The first-order valence-electron chi connectivity index (χ1n) is 8.49. The number of para-hydroxylation sites is 2. The summed E-state index contributed by atoms with van der Waals surface area (Å²) in [6.07, 6.45) is 1.90. The Morgan fingerprint density at radius 3 is 2.79 bits per heavy atom. The maximum atomic E-state index is 9.73. The molecule has 0 aliphatic carbocycles. The minimum absolute atomic E-state index is 0.699. The van der Waals surface area contributed by atoms with E-state index in [1.807, 2.05) is 18.2 Å². The van der Waals surface area contributed by atoms with Crippen molar-refractivity contribution in [2.75, 3.05) is 31.2 Å². The molecule has 0 bridgehead atoms. The predicted octanol–water partition coefficient (Wildman–Crippen LogP) is 3.15. The molecule has 3 heterocycles. The minimum atomic E-state index is 0.699. The number of anilines is 1. The first kappa shape index (κ1) is 15.0. The summed E-state index contributed by atoms with van der Waals surface area (Å²) in [6.45, 7) is 5.33. The van der Waals surface area contributed by atoms with Crippen LogP contribution in [0.3, 0.4) is 0 Å². The van der Waals surface area contributed by atoms with Crippen LogP contribution in [0.5, 0.6) is 0 Å². The predicted molar refractivity (Wildman–Crippen MR) is 94.4 cm³/mol. The molecule has 5 heteroatoms. The zero-order chi connectivity index (χ0) is 16.5. The van der Waals surface area contributed by atoms with Crippen LogP contribution >= 0.6 is 0 Å². The van der Waals surface area contributed by atoms with Gasteiger partial charge in [0.15, 0.2) is 5.65 Å². The highest BCUT2D eigenvalue weighted by Crippen LogP contribution is 2.30. The number of aryl methyl sites for hydroxylation is 1. The van der Waals surface area contributed by atoms with E-state index in [9.17, 15) is 5.26 Å². The van der Waals surface area contributed by atoms with Crippen molar-refractivity contribution in [1.82, 2.24) is 9.38 Å². The number of fused-ring (bicyclic) bond motifs is 3. The van der Waals surface area contributed by atoms with Gasteiger partial charge in [-0.25, -0.2) is 4.98 Å². The Kier molecular flexibility index (Phi) is 3.83. The molecular weight excluding hydrogens is 300 g/mol. The van der Waals surface area contributed by atoms with Gasteiger partial charge in [-0.2, -0.15) is 5.26 Å². The molecule has 0 atom stereocenters. The molecule has 24 heavy (non-hydrogen) atoms. The Morgan fingerprint density at radius 1 is 1.25 bits per heavy atom. The van der Waals surface area contributed by atoms with Gasteiger partial charge in [0.05, 0.1) is 29.8 Å². The van der Waals surface area contributed by atoms with E-state index >= 15 is 0 Å². The van der Waals surface area contributed by atoms with Crippen molar-refractivity contribution in [1.29, 1.82) is 5.26 Å². The number of imidazole rings is 1. The lowest BCUT2D eigenvalue weighted by molar-refractivity contribution is 0.122. The fourth-order valence-electron chi connectivity index (χ4n) is 3.48. The molecule has 1 aliphatic rings. The first-order valence-corrected chi connectivity index (χ1v) is 8.49. The molecular formula is C19H20N4O. The van der Waals surface area contributed by atoms with Crippen LogP contribution in [-0.4, -0.2) is 35.7 Å². The molecule has 122 valence electrons. The summed E-state index contributed by atoms with van der Waals surface area (Å²) in [7, 11) is 0. The molecule has 2 aromatic heterocycles. The second-order valence-corrected chi connectivity index (χ2v) is 6.12. The van der Waals surface area contributed by atoms with Crippen molar-refractivity contribution in [2.45, 2.75) is 19.8 Å². The van der Waals surface area contributed by atoms with Crippen molar-refractivity contribution in [3.05, 3.63) is 41.5 Å². The lowest BCUT2D eigenvalue weighted by atomic mass is 10.1.